The van der Waals surface area contributed by atoms with Crippen LogP contribution in [0, 0.1) is 18.6 Å². The smallest absolute Gasteiger partial charge is 0.267 e. The minimum atomic E-state index is -4.50. The Labute approximate surface area is 129 Å². The zero-order valence-electron chi connectivity index (χ0n) is 10.5. The topological polar surface area (TPSA) is 59.1 Å². The lowest BCUT2D eigenvalue weighted by Gasteiger charge is -2.13. The van der Waals surface area contributed by atoms with Crippen LogP contribution >= 0.6 is 23.2 Å². The molecule has 1 aromatic heterocycles. The van der Waals surface area contributed by atoms with Gasteiger partial charge < -0.3 is 0 Å². The van der Waals surface area contributed by atoms with Crippen LogP contribution < -0.4 is 4.72 Å². The summed E-state index contributed by atoms with van der Waals surface area (Å²) >= 11 is 11.5. The van der Waals surface area contributed by atoms with E-state index in [9.17, 15) is 17.2 Å². The van der Waals surface area contributed by atoms with Gasteiger partial charge >= 0.3 is 0 Å². The molecule has 0 bridgehead atoms. The minimum Gasteiger partial charge on any atom is -0.276 e. The Kier molecular flexibility index (Phi) is 4.36. The van der Waals surface area contributed by atoms with Crippen LogP contribution in [0.2, 0.25) is 10.3 Å². The lowest BCUT2D eigenvalue weighted by atomic mass is 10.3. The molecule has 0 amide bonds. The molecule has 4 nitrogen and oxygen atoms in total. The molecule has 0 radical (unpaired) electrons. The monoisotopic (exact) mass is 352 g/mol. The number of nitrogens with zero attached hydrogens (tertiary/aromatic N) is 1. The fraction of sp³-hybridized carbons (Fsp3) is 0.0833. The normalized spacial score (nSPS) is 11.5. The highest BCUT2D eigenvalue weighted by atomic mass is 35.5. The van der Waals surface area contributed by atoms with E-state index < -0.39 is 26.6 Å². The van der Waals surface area contributed by atoms with Gasteiger partial charge in [-0.3, -0.25) is 4.72 Å². The number of halogens is 4. The van der Waals surface area contributed by atoms with Crippen LogP contribution in [-0.4, -0.2) is 13.4 Å². The molecule has 9 heteroatoms. The predicted molar refractivity (Wildman–Crippen MR) is 76.2 cm³/mol. The first-order valence-corrected chi connectivity index (χ1v) is 7.76. The molecule has 0 saturated heterocycles. The van der Waals surface area contributed by atoms with E-state index in [1.54, 1.807) is 0 Å². The van der Waals surface area contributed by atoms with Crippen molar-refractivity contribution in [2.45, 2.75) is 11.8 Å². The van der Waals surface area contributed by atoms with Crippen molar-refractivity contribution in [1.29, 1.82) is 0 Å². The van der Waals surface area contributed by atoms with E-state index in [1.165, 1.54) is 13.0 Å². The van der Waals surface area contributed by atoms with E-state index in [-0.39, 0.29) is 16.0 Å². The average molecular weight is 353 g/mol. The Balaban J connectivity index is 2.53. The molecule has 1 N–H and O–H groups in total. The first kappa shape index (κ1) is 15.9. The van der Waals surface area contributed by atoms with Crippen LogP contribution in [0.1, 0.15) is 5.56 Å². The summed E-state index contributed by atoms with van der Waals surface area (Å²) in [5.74, 6) is -2.42. The molecule has 0 spiro atoms. The van der Waals surface area contributed by atoms with Gasteiger partial charge in [0.05, 0.1) is 5.69 Å². The van der Waals surface area contributed by atoms with Crippen molar-refractivity contribution in [2.24, 2.45) is 0 Å². The SMILES string of the molecule is Cc1cc(Cl)nc(Cl)c1NS(=O)(=O)c1c(F)cccc1F. The summed E-state index contributed by atoms with van der Waals surface area (Å²) in [6.45, 7) is 1.52. The Morgan fingerprint density at radius 1 is 1.19 bits per heavy atom. The number of aromatic nitrogens is 1. The number of nitrogens with one attached hydrogen (secondary N) is 1. The summed E-state index contributed by atoms with van der Waals surface area (Å²) < 4.78 is 53.4. The highest BCUT2D eigenvalue weighted by Gasteiger charge is 2.25. The summed E-state index contributed by atoms with van der Waals surface area (Å²) in [6, 6.07) is 4.10. The van der Waals surface area contributed by atoms with E-state index in [0.29, 0.717) is 5.56 Å². The maximum Gasteiger partial charge on any atom is 0.267 e. The maximum atomic E-state index is 13.6. The molecule has 0 atom stereocenters. The average Bonchev–Trinajstić information content (AvgIpc) is 2.33. The van der Waals surface area contributed by atoms with Gasteiger partial charge in [0.15, 0.2) is 10.0 Å². The number of aryl methyl sites for hydroxylation is 1. The van der Waals surface area contributed by atoms with Crippen LogP contribution in [0.4, 0.5) is 14.5 Å². The predicted octanol–water partition coefficient (Wildman–Crippen LogP) is 3.78. The summed E-state index contributed by atoms with van der Waals surface area (Å²) in [5.41, 5.74) is 0.268. The zero-order chi connectivity index (χ0) is 15.8. The molecule has 112 valence electrons. The van der Waals surface area contributed by atoms with E-state index in [1.807, 2.05) is 4.72 Å². The van der Waals surface area contributed by atoms with Crippen LogP contribution in [0.5, 0.6) is 0 Å². The van der Waals surface area contributed by atoms with E-state index in [0.717, 1.165) is 18.2 Å². The second-order valence-electron chi connectivity index (χ2n) is 4.08. The van der Waals surface area contributed by atoms with Gasteiger partial charge in [-0.05, 0) is 30.7 Å². The highest BCUT2D eigenvalue weighted by molar-refractivity contribution is 7.92. The summed E-state index contributed by atoms with van der Waals surface area (Å²) in [5, 5.41) is -0.155. The first-order chi connectivity index (χ1) is 9.72. The van der Waals surface area contributed by atoms with Crippen molar-refractivity contribution in [2.75, 3.05) is 4.72 Å². The molecule has 0 fully saturated rings. The third-order valence-corrected chi connectivity index (χ3v) is 4.43. The third-order valence-electron chi connectivity index (χ3n) is 2.57. The molecule has 0 aliphatic rings. The van der Waals surface area contributed by atoms with Gasteiger partial charge in [0.1, 0.15) is 16.8 Å². The molecule has 2 rings (SSSR count). The lowest BCUT2D eigenvalue weighted by molar-refractivity contribution is 0.521. The van der Waals surface area contributed by atoms with E-state index in [2.05, 4.69) is 4.98 Å². The van der Waals surface area contributed by atoms with Crippen molar-refractivity contribution < 1.29 is 17.2 Å². The number of pyridine rings is 1. The fourth-order valence-corrected chi connectivity index (χ4v) is 3.56. The van der Waals surface area contributed by atoms with Crippen molar-refractivity contribution in [3.63, 3.8) is 0 Å². The van der Waals surface area contributed by atoms with Gasteiger partial charge in [-0.25, -0.2) is 22.2 Å². The largest absolute Gasteiger partial charge is 0.276 e. The van der Waals surface area contributed by atoms with Crippen LogP contribution in [0.15, 0.2) is 29.2 Å². The minimum absolute atomic E-state index is 0.0671. The standard InChI is InChI=1S/C12H8Cl2F2N2O2S/c1-6-5-9(13)17-12(14)10(6)18-21(19,20)11-7(15)3-2-4-8(11)16/h2-5,18H,1H3. The summed E-state index contributed by atoms with van der Waals surface area (Å²) in [7, 11) is -4.50. The molecule has 0 unspecified atom stereocenters. The number of anilines is 1. The zero-order valence-corrected chi connectivity index (χ0v) is 12.8. The molecule has 1 aromatic carbocycles. The number of benzene rings is 1. The first-order valence-electron chi connectivity index (χ1n) is 5.52. The molecule has 2 aromatic rings. The molecule has 0 aliphatic carbocycles. The Morgan fingerprint density at radius 2 is 1.76 bits per heavy atom. The second kappa shape index (κ2) is 5.75. The number of sulfonamides is 1. The summed E-state index contributed by atoms with van der Waals surface area (Å²) in [4.78, 5) is 2.59. The molecule has 0 aliphatic heterocycles. The molecular weight excluding hydrogens is 345 g/mol. The van der Waals surface area contributed by atoms with Gasteiger partial charge in [0, 0.05) is 0 Å². The maximum absolute atomic E-state index is 13.6. The van der Waals surface area contributed by atoms with E-state index in [4.69, 9.17) is 23.2 Å². The van der Waals surface area contributed by atoms with Gasteiger partial charge in [0.2, 0.25) is 0 Å². The third kappa shape index (κ3) is 3.25. The fourth-order valence-electron chi connectivity index (χ4n) is 1.64. The quantitative estimate of drug-likeness (QED) is 0.855. The Hall–Kier alpha value is -1.44. The van der Waals surface area contributed by atoms with Gasteiger partial charge in [-0.15, -0.1) is 0 Å². The van der Waals surface area contributed by atoms with Crippen molar-refractivity contribution in [1.82, 2.24) is 4.98 Å². The lowest BCUT2D eigenvalue weighted by Crippen LogP contribution is -2.17. The Bertz CT molecular complexity index is 770. The molecule has 0 saturated carbocycles. The molecule has 21 heavy (non-hydrogen) atoms. The van der Waals surface area contributed by atoms with Crippen LogP contribution in [0.25, 0.3) is 0 Å². The number of hydrogen-bond donors (Lipinski definition) is 1. The van der Waals surface area contributed by atoms with Crippen molar-refractivity contribution >= 4 is 38.9 Å². The van der Waals surface area contributed by atoms with Gasteiger partial charge in [0.25, 0.3) is 10.0 Å². The van der Waals surface area contributed by atoms with Crippen molar-refractivity contribution in [3.8, 4) is 0 Å². The van der Waals surface area contributed by atoms with E-state index >= 15 is 0 Å². The van der Waals surface area contributed by atoms with Gasteiger partial charge in [-0.2, -0.15) is 0 Å². The number of hydrogen-bond acceptors (Lipinski definition) is 3. The molecular formula is C12H8Cl2F2N2O2S. The van der Waals surface area contributed by atoms with Crippen LogP contribution in [0.3, 0.4) is 0 Å². The van der Waals surface area contributed by atoms with Crippen molar-refractivity contribution in [3.05, 3.63) is 51.8 Å². The van der Waals surface area contributed by atoms with Gasteiger partial charge in [-0.1, -0.05) is 29.3 Å². The number of rotatable bonds is 3. The molecule has 1 heterocycles. The second-order valence-corrected chi connectivity index (χ2v) is 6.45. The highest BCUT2D eigenvalue weighted by Crippen LogP contribution is 2.29. The Morgan fingerprint density at radius 3 is 2.29 bits per heavy atom. The van der Waals surface area contributed by atoms with Crippen LogP contribution in [-0.2, 0) is 10.0 Å². The summed E-state index contributed by atoms with van der Waals surface area (Å²) in [6.07, 6.45) is 0.